The number of carboxylic acids is 1. The van der Waals surface area contributed by atoms with Crippen molar-refractivity contribution >= 4 is 71.3 Å². The van der Waals surface area contributed by atoms with Crippen molar-refractivity contribution in [2.45, 2.75) is 6.92 Å². The molecule has 3 aromatic carbocycles. The van der Waals surface area contributed by atoms with Crippen molar-refractivity contribution in [3.8, 4) is 11.1 Å². The predicted octanol–water partition coefficient (Wildman–Crippen LogP) is 4.46. The number of halogens is 1. The fraction of sp³-hybridized carbons (Fsp3) is 0.0417. The monoisotopic (exact) mass is 456 g/mol. The van der Waals surface area contributed by atoms with Crippen molar-refractivity contribution in [2.24, 2.45) is 4.99 Å². The Morgan fingerprint density at radius 2 is 1.69 bits per heavy atom. The quantitative estimate of drug-likeness (QED) is 0.450. The SMILES string of the molecule is CC(=O)O.O=C1N=C(Nc2cc[c]([Na])c(F)c2)SC1=Cc1ccc(-c2ccccc2)cc1. The van der Waals surface area contributed by atoms with Gasteiger partial charge in [0.15, 0.2) is 0 Å². The molecule has 0 saturated heterocycles. The summed E-state index contributed by atoms with van der Waals surface area (Å²) in [5.41, 5.74) is 3.79. The second-order valence-electron chi connectivity index (χ2n) is 6.93. The van der Waals surface area contributed by atoms with Crippen LogP contribution in [0.5, 0.6) is 0 Å². The van der Waals surface area contributed by atoms with Gasteiger partial charge in [0.1, 0.15) is 0 Å². The van der Waals surface area contributed by atoms with Crippen LogP contribution >= 0.6 is 11.8 Å². The summed E-state index contributed by atoms with van der Waals surface area (Å²) in [6.07, 6.45) is 1.82. The normalized spacial score (nSPS) is 13.9. The van der Waals surface area contributed by atoms with Crippen molar-refractivity contribution in [3.05, 3.63) is 89.1 Å². The molecule has 0 unspecified atom stereocenters. The van der Waals surface area contributed by atoms with Crippen molar-refractivity contribution < 1.29 is 19.1 Å². The van der Waals surface area contributed by atoms with Crippen LogP contribution < -0.4 is 8.13 Å². The van der Waals surface area contributed by atoms with Gasteiger partial charge in [-0.3, -0.25) is 4.79 Å². The van der Waals surface area contributed by atoms with Crippen LogP contribution in [0.2, 0.25) is 0 Å². The summed E-state index contributed by atoms with van der Waals surface area (Å²) in [6, 6.07) is 23.1. The molecular weight excluding hydrogens is 438 g/mol. The van der Waals surface area contributed by atoms with E-state index in [4.69, 9.17) is 9.90 Å². The second kappa shape index (κ2) is 11.2. The summed E-state index contributed by atoms with van der Waals surface area (Å²) in [4.78, 5) is 25.8. The summed E-state index contributed by atoms with van der Waals surface area (Å²) in [5, 5.41) is 10.9. The maximum atomic E-state index is 13.7. The Morgan fingerprint density at radius 3 is 2.31 bits per heavy atom. The van der Waals surface area contributed by atoms with E-state index in [0.29, 0.717) is 46.5 Å². The van der Waals surface area contributed by atoms with E-state index in [0.717, 1.165) is 23.6 Å². The van der Waals surface area contributed by atoms with E-state index in [-0.39, 0.29) is 11.7 Å². The molecular formula is C24H18FN2NaO3S. The zero-order valence-corrected chi connectivity index (χ0v) is 20.3. The predicted molar refractivity (Wildman–Crippen MR) is 129 cm³/mol. The zero-order chi connectivity index (χ0) is 23.1. The Kier molecular flexibility index (Phi) is 8.41. The van der Waals surface area contributed by atoms with E-state index in [1.54, 1.807) is 12.1 Å². The van der Waals surface area contributed by atoms with Crippen LogP contribution in [-0.4, -0.2) is 50.1 Å². The van der Waals surface area contributed by atoms with Crippen LogP contribution in [0.25, 0.3) is 17.2 Å². The van der Waals surface area contributed by atoms with Gasteiger partial charge in [0.05, 0.1) is 0 Å². The summed E-state index contributed by atoms with van der Waals surface area (Å²) >= 11 is 1.91. The molecule has 0 spiro atoms. The third-order valence-electron chi connectivity index (χ3n) is 4.36. The Hall–Kier alpha value is -2.71. The number of amidine groups is 1. The molecule has 0 bridgehead atoms. The van der Waals surface area contributed by atoms with Crippen molar-refractivity contribution in [2.75, 3.05) is 5.32 Å². The number of nitrogens with zero attached hydrogens (tertiary/aromatic N) is 1. The van der Waals surface area contributed by atoms with Gasteiger partial charge in [-0.05, 0) is 11.1 Å². The Bertz CT molecular complexity index is 1190. The fourth-order valence-corrected chi connectivity index (χ4v) is 3.96. The number of anilines is 1. The van der Waals surface area contributed by atoms with Gasteiger partial charge in [-0.1, -0.05) is 30.3 Å². The molecule has 0 saturated carbocycles. The average Bonchev–Trinajstić information content (AvgIpc) is 3.10. The van der Waals surface area contributed by atoms with Crippen LogP contribution in [0.1, 0.15) is 12.5 Å². The van der Waals surface area contributed by atoms with Crippen LogP contribution in [-0.2, 0) is 9.59 Å². The van der Waals surface area contributed by atoms with E-state index in [2.05, 4.69) is 22.4 Å². The average molecular weight is 456 g/mol. The zero-order valence-electron chi connectivity index (χ0n) is 17.5. The van der Waals surface area contributed by atoms with Crippen molar-refractivity contribution in [3.63, 3.8) is 0 Å². The number of carboxylic acid groups (broad SMARTS) is 1. The first-order valence-electron chi connectivity index (χ1n) is 9.72. The number of benzene rings is 3. The van der Waals surface area contributed by atoms with Crippen molar-refractivity contribution in [1.82, 2.24) is 0 Å². The van der Waals surface area contributed by atoms with Gasteiger partial charge in [-0.15, -0.1) is 0 Å². The van der Waals surface area contributed by atoms with E-state index in [1.165, 1.54) is 17.8 Å². The van der Waals surface area contributed by atoms with E-state index in [1.807, 2.05) is 48.5 Å². The molecule has 1 amide bonds. The molecule has 1 aliphatic heterocycles. The van der Waals surface area contributed by atoms with Gasteiger partial charge in [-0.2, -0.15) is 0 Å². The molecule has 0 atom stereocenters. The number of thioether (sulfide) groups is 1. The van der Waals surface area contributed by atoms with E-state index in [9.17, 15) is 9.18 Å². The van der Waals surface area contributed by atoms with E-state index < -0.39 is 5.97 Å². The number of amides is 1. The molecule has 5 nitrogen and oxygen atoms in total. The van der Waals surface area contributed by atoms with Crippen LogP contribution in [0, 0.1) is 5.82 Å². The van der Waals surface area contributed by atoms with Crippen LogP contribution in [0.15, 0.2) is 82.7 Å². The molecule has 3 aromatic rings. The van der Waals surface area contributed by atoms with Crippen LogP contribution in [0.4, 0.5) is 10.1 Å². The minimum absolute atomic E-state index is 0.235. The number of aliphatic imine (C=N–C) groups is 1. The first-order valence-corrected chi connectivity index (χ1v) is 11.5. The summed E-state index contributed by atoms with van der Waals surface area (Å²) in [5.74, 6) is -1.36. The molecule has 2 N–H and O–H groups in total. The fourth-order valence-electron chi connectivity index (χ4n) is 2.81. The standard InChI is InChI=1S/C22H14FN2OS.C2H4O2.Na/c23-18-7-4-8-19(14-18)24-22-25-21(26)20(27-22)13-15-9-11-17(12-10-15)16-5-2-1-3-6-16;1-2(3)4;/h1-6,8-14H,(H,24,25,26);1H3,(H,3,4);. The first kappa shape index (κ1) is 23.9. The number of carbonyl (C=O) groups is 2. The molecule has 1 aliphatic rings. The number of nitrogens with one attached hydrogen (secondary N) is 1. The molecule has 156 valence electrons. The second-order valence-corrected chi connectivity index (χ2v) is 9.04. The Balaban J connectivity index is 0.000000668. The first-order chi connectivity index (χ1) is 15.3. The number of hydrogen-bond acceptors (Lipinski definition) is 4. The topological polar surface area (TPSA) is 78.8 Å². The van der Waals surface area contributed by atoms with Gasteiger partial charge in [-0.25, -0.2) is 0 Å². The Morgan fingerprint density at radius 1 is 1.06 bits per heavy atom. The van der Waals surface area contributed by atoms with Gasteiger partial charge in [0.2, 0.25) is 0 Å². The molecule has 8 heteroatoms. The number of carbonyl (C=O) groups excluding carboxylic acids is 1. The number of hydrogen-bond donors (Lipinski definition) is 2. The molecule has 4 rings (SSSR count). The molecule has 32 heavy (non-hydrogen) atoms. The van der Waals surface area contributed by atoms with E-state index >= 15 is 0 Å². The summed E-state index contributed by atoms with van der Waals surface area (Å²) < 4.78 is 14.4. The third-order valence-corrected chi connectivity index (χ3v) is 6.07. The molecule has 0 radical (unpaired) electrons. The number of rotatable bonds is 3. The van der Waals surface area contributed by atoms with Gasteiger partial charge < -0.3 is 5.11 Å². The van der Waals surface area contributed by atoms with Crippen molar-refractivity contribution in [1.29, 1.82) is 0 Å². The van der Waals surface area contributed by atoms with Crippen LogP contribution in [0.3, 0.4) is 0 Å². The molecule has 0 aliphatic carbocycles. The van der Waals surface area contributed by atoms with Gasteiger partial charge in [0, 0.05) is 6.92 Å². The summed E-state index contributed by atoms with van der Waals surface area (Å²) in [7, 11) is 0. The third kappa shape index (κ3) is 6.90. The van der Waals surface area contributed by atoms with Gasteiger partial charge >= 0.3 is 144 Å². The van der Waals surface area contributed by atoms with Gasteiger partial charge in [0.25, 0.3) is 5.97 Å². The molecule has 1 heterocycles. The Labute approximate surface area is 206 Å². The summed E-state index contributed by atoms with van der Waals surface area (Å²) in [6.45, 7) is 1.08. The number of aliphatic carboxylic acids is 1. The molecule has 0 aromatic heterocycles. The maximum absolute atomic E-state index is 13.7. The minimum atomic E-state index is -0.833. The molecule has 0 fully saturated rings.